The Kier molecular flexibility index (Phi) is 6.43. The van der Waals surface area contributed by atoms with Gasteiger partial charge in [0.05, 0.1) is 16.5 Å². The van der Waals surface area contributed by atoms with Crippen LogP contribution in [0.2, 0.25) is 5.02 Å². The van der Waals surface area contributed by atoms with Gasteiger partial charge in [0, 0.05) is 30.1 Å². The van der Waals surface area contributed by atoms with Gasteiger partial charge in [-0.2, -0.15) is 0 Å². The molecule has 1 unspecified atom stereocenters. The van der Waals surface area contributed by atoms with Crippen molar-refractivity contribution in [3.63, 3.8) is 0 Å². The van der Waals surface area contributed by atoms with Crippen molar-refractivity contribution in [3.05, 3.63) is 74.7 Å². The number of benzene rings is 2. The number of rotatable bonds is 5. The van der Waals surface area contributed by atoms with Gasteiger partial charge >= 0.3 is 6.03 Å². The van der Waals surface area contributed by atoms with E-state index in [9.17, 15) is 23.5 Å². The number of aryl methyl sites for hydroxylation is 1. The summed E-state index contributed by atoms with van der Waals surface area (Å²) >= 11 is 5.83. The number of amides is 2. The minimum atomic E-state index is -0.592. The smallest absolute Gasteiger partial charge is 0.322 e. The number of aromatic amines is 1. The molecule has 1 aliphatic rings. The summed E-state index contributed by atoms with van der Waals surface area (Å²) in [5.41, 5.74) is 1.46. The van der Waals surface area contributed by atoms with Crippen molar-refractivity contribution in [2.24, 2.45) is 0 Å². The number of nitrogens with one attached hydrogen (secondary N) is 2. The van der Waals surface area contributed by atoms with Crippen LogP contribution in [-0.4, -0.2) is 34.2 Å². The lowest BCUT2D eigenvalue weighted by Gasteiger charge is -2.36. The molecule has 168 valence electrons. The Morgan fingerprint density at radius 3 is 2.78 bits per heavy atom. The fourth-order valence-corrected chi connectivity index (χ4v) is 4.47. The molecule has 1 aliphatic carbocycles. The minimum Gasteiger partial charge on any atom is -0.396 e. The quantitative estimate of drug-likeness (QED) is 0.512. The summed E-state index contributed by atoms with van der Waals surface area (Å²) in [6.07, 6.45) is 2.36. The third-order valence-corrected chi connectivity index (χ3v) is 6.00. The molecule has 4 rings (SSSR count). The van der Waals surface area contributed by atoms with Gasteiger partial charge in [0.1, 0.15) is 11.6 Å². The lowest BCUT2D eigenvalue weighted by Crippen LogP contribution is -2.41. The summed E-state index contributed by atoms with van der Waals surface area (Å²) in [5.74, 6) is -1.11. The Balaban J connectivity index is 1.75. The number of urea groups is 1. The van der Waals surface area contributed by atoms with E-state index < -0.39 is 23.7 Å². The number of aliphatic hydroxyl groups excluding tert-OH is 1. The zero-order chi connectivity index (χ0) is 22.8. The first-order valence-electron chi connectivity index (χ1n) is 10.4. The molecule has 1 aromatic heterocycles. The largest absolute Gasteiger partial charge is 0.396 e. The molecule has 3 N–H and O–H groups in total. The Labute approximate surface area is 187 Å². The molecule has 1 atom stereocenters. The number of carbonyl (C=O) groups excluding carboxylic acids is 1. The molecule has 32 heavy (non-hydrogen) atoms. The number of hydrogen-bond donors (Lipinski definition) is 3. The molecule has 2 amide bonds. The third kappa shape index (κ3) is 4.33. The van der Waals surface area contributed by atoms with Gasteiger partial charge in [-0.25, -0.2) is 13.6 Å². The van der Waals surface area contributed by atoms with E-state index in [1.165, 1.54) is 30.3 Å². The normalized spacial score (nSPS) is 15.4. The first kappa shape index (κ1) is 22.2. The molecule has 1 heterocycles. The number of anilines is 1. The van der Waals surface area contributed by atoms with E-state index in [1.54, 1.807) is 11.0 Å². The zero-order valence-electron chi connectivity index (χ0n) is 17.1. The Hall–Kier alpha value is -2.97. The van der Waals surface area contributed by atoms with E-state index >= 15 is 0 Å². The van der Waals surface area contributed by atoms with Crippen LogP contribution in [0.4, 0.5) is 19.3 Å². The second-order valence-electron chi connectivity index (χ2n) is 7.77. The molecular weight excluding hydrogens is 440 g/mol. The van der Waals surface area contributed by atoms with Crippen LogP contribution in [0.3, 0.4) is 0 Å². The van der Waals surface area contributed by atoms with E-state index in [0.29, 0.717) is 30.3 Å². The lowest BCUT2D eigenvalue weighted by atomic mass is 9.86. The molecule has 0 radical (unpaired) electrons. The average molecular weight is 462 g/mol. The first-order chi connectivity index (χ1) is 15.4. The van der Waals surface area contributed by atoms with Gasteiger partial charge in [-0.15, -0.1) is 0 Å². The summed E-state index contributed by atoms with van der Waals surface area (Å²) < 4.78 is 27.3. The summed E-state index contributed by atoms with van der Waals surface area (Å²) in [6.45, 7) is 0.145. The van der Waals surface area contributed by atoms with E-state index in [1.807, 2.05) is 0 Å². The predicted molar refractivity (Wildman–Crippen MR) is 119 cm³/mol. The highest BCUT2D eigenvalue weighted by Crippen LogP contribution is 2.37. The molecule has 9 heteroatoms. The number of halogens is 3. The fourth-order valence-electron chi connectivity index (χ4n) is 4.29. The number of nitrogens with zero attached hydrogens (tertiary/aromatic N) is 1. The van der Waals surface area contributed by atoms with Gasteiger partial charge in [-0.1, -0.05) is 17.7 Å². The van der Waals surface area contributed by atoms with E-state index in [2.05, 4.69) is 10.3 Å². The number of aliphatic hydroxyl groups is 1. The second kappa shape index (κ2) is 9.26. The van der Waals surface area contributed by atoms with Crippen LogP contribution in [0.25, 0.3) is 10.8 Å². The van der Waals surface area contributed by atoms with Crippen LogP contribution in [0, 0.1) is 11.6 Å². The van der Waals surface area contributed by atoms with Crippen molar-refractivity contribution in [1.82, 2.24) is 9.88 Å². The van der Waals surface area contributed by atoms with E-state index in [0.717, 1.165) is 17.7 Å². The van der Waals surface area contributed by atoms with Crippen LogP contribution < -0.4 is 10.9 Å². The molecule has 0 fully saturated rings. The highest BCUT2D eigenvalue weighted by atomic mass is 35.5. The van der Waals surface area contributed by atoms with Crippen LogP contribution in [0.15, 0.2) is 41.2 Å². The molecule has 0 saturated heterocycles. The van der Waals surface area contributed by atoms with Gasteiger partial charge in [0.2, 0.25) is 0 Å². The molecule has 6 nitrogen and oxygen atoms in total. The van der Waals surface area contributed by atoms with Gasteiger partial charge in [-0.3, -0.25) is 4.79 Å². The van der Waals surface area contributed by atoms with Crippen molar-refractivity contribution < 1.29 is 18.7 Å². The maximum absolute atomic E-state index is 13.8. The van der Waals surface area contributed by atoms with Gasteiger partial charge in [0.15, 0.2) is 0 Å². The highest BCUT2D eigenvalue weighted by molar-refractivity contribution is 6.31. The number of hydrogen-bond acceptors (Lipinski definition) is 3. The number of aromatic nitrogens is 1. The maximum Gasteiger partial charge on any atom is 0.322 e. The molecule has 0 saturated carbocycles. The topological polar surface area (TPSA) is 85.4 Å². The molecule has 0 spiro atoms. The first-order valence-corrected chi connectivity index (χ1v) is 10.7. The standard InChI is InChI=1S/C23H22ClF2N3O3/c24-17-12-14(6-8-18(17)26)27-23(32)29(9-2-10-30)20-4-1-3-19-21(20)15-7-5-13(25)11-16(15)22(31)28-19/h5-8,11-12,20,30H,1-4,9-10H2,(H,27,32)(H,28,31). The maximum atomic E-state index is 13.8. The van der Waals surface area contributed by atoms with E-state index in [4.69, 9.17) is 11.6 Å². The van der Waals surface area contributed by atoms with Crippen LogP contribution >= 0.6 is 11.6 Å². The fraction of sp³-hybridized carbons (Fsp3) is 0.304. The molecule has 2 aromatic carbocycles. The Bertz CT molecular complexity index is 1230. The van der Waals surface area contributed by atoms with Crippen LogP contribution in [0.5, 0.6) is 0 Å². The van der Waals surface area contributed by atoms with Crippen molar-refractivity contribution in [2.45, 2.75) is 31.7 Å². The number of pyridine rings is 1. The summed E-state index contributed by atoms with van der Waals surface area (Å²) in [5, 5.41) is 12.8. The zero-order valence-corrected chi connectivity index (χ0v) is 17.9. The summed E-state index contributed by atoms with van der Waals surface area (Å²) in [7, 11) is 0. The van der Waals surface area contributed by atoms with Gasteiger partial charge < -0.3 is 20.3 Å². The SMILES string of the molecule is O=C(Nc1ccc(F)c(Cl)c1)N(CCCO)C1CCCc2[nH]c(=O)c3cc(F)ccc3c21. The molecule has 0 aliphatic heterocycles. The Morgan fingerprint density at radius 2 is 2.03 bits per heavy atom. The second-order valence-corrected chi connectivity index (χ2v) is 8.18. The lowest BCUT2D eigenvalue weighted by molar-refractivity contribution is 0.169. The molecule has 3 aromatic rings. The average Bonchev–Trinajstić information content (AvgIpc) is 2.77. The molecule has 0 bridgehead atoms. The van der Waals surface area contributed by atoms with Crippen molar-refractivity contribution >= 4 is 34.1 Å². The third-order valence-electron chi connectivity index (χ3n) is 5.71. The predicted octanol–water partition coefficient (Wildman–Crippen LogP) is 4.75. The van der Waals surface area contributed by atoms with Crippen molar-refractivity contribution in [3.8, 4) is 0 Å². The number of H-pyrrole nitrogens is 1. The minimum absolute atomic E-state index is 0.108. The van der Waals surface area contributed by atoms with Crippen LogP contribution in [-0.2, 0) is 6.42 Å². The molecular formula is C23H22ClF2N3O3. The number of fused-ring (bicyclic) bond motifs is 3. The van der Waals surface area contributed by atoms with E-state index in [-0.39, 0.29) is 29.1 Å². The van der Waals surface area contributed by atoms with Crippen LogP contribution in [0.1, 0.15) is 36.6 Å². The van der Waals surface area contributed by atoms with Crippen molar-refractivity contribution in [2.75, 3.05) is 18.5 Å². The number of carbonyl (C=O) groups is 1. The highest BCUT2D eigenvalue weighted by Gasteiger charge is 2.32. The van der Waals surface area contributed by atoms with Gasteiger partial charge in [-0.05, 0) is 61.4 Å². The monoisotopic (exact) mass is 461 g/mol. The van der Waals surface area contributed by atoms with Crippen molar-refractivity contribution in [1.29, 1.82) is 0 Å². The van der Waals surface area contributed by atoms with Gasteiger partial charge in [0.25, 0.3) is 5.56 Å². The summed E-state index contributed by atoms with van der Waals surface area (Å²) in [6, 6.07) is 7.12. The summed E-state index contributed by atoms with van der Waals surface area (Å²) in [4.78, 5) is 30.2. The Morgan fingerprint density at radius 1 is 1.22 bits per heavy atom.